The number of benzene rings is 2. The Bertz CT molecular complexity index is 1120. The molecule has 1 heterocycles. The molecule has 2 aromatic carbocycles. The van der Waals surface area contributed by atoms with Crippen LogP contribution in [0.5, 0.6) is 0 Å². The molecule has 0 spiro atoms. The van der Waals surface area contributed by atoms with Crippen molar-refractivity contribution < 1.29 is 26.4 Å². The summed E-state index contributed by atoms with van der Waals surface area (Å²) in [4.78, 5) is 15.8. The van der Waals surface area contributed by atoms with Crippen LogP contribution in [0.3, 0.4) is 0 Å². The first-order valence-corrected chi connectivity index (χ1v) is 9.57. The minimum atomic E-state index is -4.73. The van der Waals surface area contributed by atoms with E-state index in [-0.39, 0.29) is 21.6 Å². The molecule has 0 bridgehead atoms. The van der Waals surface area contributed by atoms with Crippen LogP contribution < -0.4 is 5.32 Å². The molecule has 27 heavy (non-hydrogen) atoms. The second kappa shape index (κ2) is 6.69. The molecule has 0 fully saturated rings. The third-order valence-electron chi connectivity index (χ3n) is 3.76. The molecular formula is C17H14F3N3O3S. The van der Waals surface area contributed by atoms with Crippen molar-refractivity contribution in [2.45, 2.75) is 17.6 Å². The number of amides is 1. The van der Waals surface area contributed by atoms with Crippen molar-refractivity contribution in [2.24, 2.45) is 0 Å². The van der Waals surface area contributed by atoms with Crippen LogP contribution in [0.4, 0.5) is 18.9 Å². The fourth-order valence-corrected chi connectivity index (χ4v) is 3.27. The summed E-state index contributed by atoms with van der Waals surface area (Å²) in [5.41, 5.74) is 0.461. The van der Waals surface area contributed by atoms with Gasteiger partial charge in [0.15, 0.2) is 9.84 Å². The Balaban J connectivity index is 1.91. The topological polar surface area (TPSA) is 81.1 Å². The summed E-state index contributed by atoms with van der Waals surface area (Å²) in [7, 11) is -3.48. The summed E-state index contributed by atoms with van der Waals surface area (Å²) in [6.07, 6.45) is -3.71. The Kier molecular flexibility index (Phi) is 4.68. The fourth-order valence-electron chi connectivity index (χ4n) is 2.60. The van der Waals surface area contributed by atoms with Gasteiger partial charge in [-0.2, -0.15) is 13.2 Å². The third-order valence-corrected chi connectivity index (χ3v) is 4.87. The van der Waals surface area contributed by atoms with E-state index in [4.69, 9.17) is 0 Å². The molecule has 6 nitrogen and oxygen atoms in total. The Morgan fingerprint density at radius 3 is 2.52 bits per heavy atom. The van der Waals surface area contributed by atoms with Crippen LogP contribution in [-0.2, 0) is 27.4 Å². The van der Waals surface area contributed by atoms with Gasteiger partial charge in [-0.25, -0.2) is 13.4 Å². The van der Waals surface area contributed by atoms with Crippen LogP contribution in [0.2, 0.25) is 0 Å². The molecule has 0 aliphatic heterocycles. The number of nitrogens with zero attached hydrogens (tertiary/aromatic N) is 2. The van der Waals surface area contributed by atoms with Gasteiger partial charge in [-0.15, -0.1) is 0 Å². The van der Waals surface area contributed by atoms with Gasteiger partial charge < -0.3 is 9.88 Å². The van der Waals surface area contributed by atoms with Crippen molar-refractivity contribution in [1.82, 2.24) is 9.55 Å². The first-order chi connectivity index (χ1) is 12.6. The zero-order valence-corrected chi connectivity index (χ0v) is 14.8. The number of imidazole rings is 1. The average Bonchev–Trinajstić information content (AvgIpc) is 2.93. The minimum Gasteiger partial charge on any atom is -0.324 e. The highest BCUT2D eigenvalue weighted by Crippen LogP contribution is 2.31. The Labute approximate surface area is 152 Å². The molecule has 0 aliphatic rings. The number of aromatic nitrogens is 2. The molecule has 3 rings (SSSR count). The second-order valence-corrected chi connectivity index (χ2v) is 7.87. The minimum absolute atomic E-state index is 0.00985. The van der Waals surface area contributed by atoms with E-state index in [2.05, 4.69) is 10.3 Å². The number of fused-ring (bicyclic) bond motifs is 1. The van der Waals surface area contributed by atoms with Crippen molar-refractivity contribution in [1.29, 1.82) is 0 Å². The highest BCUT2D eigenvalue weighted by molar-refractivity contribution is 7.90. The SMILES string of the molecule is CS(=O)(=O)c1cccc(NC(=O)Cn2c(C(F)(F)F)nc3ccccc32)c1. The lowest BCUT2D eigenvalue weighted by Gasteiger charge is -2.12. The monoisotopic (exact) mass is 397 g/mol. The molecule has 0 unspecified atom stereocenters. The lowest BCUT2D eigenvalue weighted by molar-refractivity contribution is -0.147. The molecule has 1 N–H and O–H groups in total. The number of carbonyl (C=O) groups excluding carboxylic acids is 1. The number of rotatable bonds is 4. The number of halogens is 3. The summed E-state index contributed by atoms with van der Waals surface area (Å²) in [5, 5.41) is 2.42. The van der Waals surface area contributed by atoms with E-state index in [0.29, 0.717) is 0 Å². The standard InChI is InChI=1S/C17H14F3N3O3S/c1-27(25,26)12-6-4-5-11(9-12)21-15(24)10-23-14-8-3-2-7-13(14)22-16(23)17(18,19)20/h2-9H,10H2,1H3,(H,21,24). The number of hydrogen-bond donors (Lipinski definition) is 1. The summed E-state index contributed by atoms with van der Waals surface area (Å²) < 4.78 is 63.7. The molecule has 1 aromatic heterocycles. The van der Waals surface area contributed by atoms with Gasteiger partial charge >= 0.3 is 6.18 Å². The molecule has 1 amide bonds. The van der Waals surface area contributed by atoms with Crippen molar-refractivity contribution in [2.75, 3.05) is 11.6 Å². The molecule has 10 heteroatoms. The Morgan fingerprint density at radius 1 is 1.15 bits per heavy atom. The predicted octanol–water partition coefficient (Wildman–Crippen LogP) is 3.10. The van der Waals surface area contributed by atoms with Crippen molar-refractivity contribution >= 4 is 32.5 Å². The maximum absolute atomic E-state index is 13.3. The highest BCUT2D eigenvalue weighted by atomic mass is 32.2. The quantitative estimate of drug-likeness (QED) is 0.734. The zero-order chi connectivity index (χ0) is 19.8. The van der Waals surface area contributed by atoms with Crippen LogP contribution in [0.25, 0.3) is 11.0 Å². The summed E-state index contributed by atoms with van der Waals surface area (Å²) in [6.45, 7) is -0.627. The van der Waals surface area contributed by atoms with Gasteiger partial charge in [-0.3, -0.25) is 4.79 Å². The first-order valence-electron chi connectivity index (χ1n) is 7.68. The van der Waals surface area contributed by atoms with Crippen LogP contribution >= 0.6 is 0 Å². The van der Waals surface area contributed by atoms with E-state index >= 15 is 0 Å². The van der Waals surface area contributed by atoms with Crippen LogP contribution in [-0.4, -0.2) is 30.1 Å². The van der Waals surface area contributed by atoms with E-state index in [1.807, 2.05) is 0 Å². The average molecular weight is 397 g/mol. The first kappa shape index (κ1) is 18.9. The van der Waals surface area contributed by atoms with Gasteiger partial charge in [0.1, 0.15) is 6.54 Å². The van der Waals surface area contributed by atoms with Crippen LogP contribution in [0, 0.1) is 0 Å². The zero-order valence-electron chi connectivity index (χ0n) is 14.0. The smallest absolute Gasteiger partial charge is 0.324 e. The maximum Gasteiger partial charge on any atom is 0.449 e. The van der Waals surface area contributed by atoms with Crippen LogP contribution in [0.1, 0.15) is 5.82 Å². The van der Waals surface area contributed by atoms with Gasteiger partial charge in [0.25, 0.3) is 0 Å². The maximum atomic E-state index is 13.3. The lowest BCUT2D eigenvalue weighted by atomic mass is 10.3. The molecule has 0 radical (unpaired) electrons. The fraction of sp³-hybridized carbons (Fsp3) is 0.176. The molecule has 0 saturated carbocycles. The lowest BCUT2D eigenvalue weighted by Crippen LogP contribution is -2.23. The Morgan fingerprint density at radius 2 is 1.85 bits per heavy atom. The number of sulfone groups is 1. The van der Waals surface area contributed by atoms with Gasteiger partial charge in [-0.1, -0.05) is 18.2 Å². The molecule has 142 valence electrons. The summed E-state index contributed by atoms with van der Waals surface area (Å²) in [5.74, 6) is -1.92. The second-order valence-electron chi connectivity index (χ2n) is 5.86. The highest BCUT2D eigenvalue weighted by Gasteiger charge is 2.38. The van der Waals surface area contributed by atoms with E-state index in [9.17, 15) is 26.4 Å². The number of carbonyl (C=O) groups is 1. The largest absolute Gasteiger partial charge is 0.449 e. The molecule has 0 aliphatic carbocycles. The van der Waals surface area contributed by atoms with Gasteiger partial charge in [-0.05, 0) is 30.3 Å². The van der Waals surface area contributed by atoms with Crippen molar-refractivity contribution in [3.8, 4) is 0 Å². The summed E-state index contributed by atoms with van der Waals surface area (Å²) in [6, 6.07) is 11.4. The summed E-state index contributed by atoms with van der Waals surface area (Å²) >= 11 is 0. The van der Waals surface area contributed by atoms with Crippen molar-refractivity contribution in [3.05, 3.63) is 54.4 Å². The Hall–Kier alpha value is -2.88. The van der Waals surface area contributed by atoms with Gasteiger partial charge in [0, 0.05) is 11.9 Å². The number of anilines is 1. The number of para-hydroxylation sites is 2. The molecule has 0 atom stereocenters. The van der Waals surface area contributed by atoms with Crippen molar-refractivity contribution in [3.63, 3.8) is 0 Å². The van der Waals surface area contributed by atoms with Gasteiger partial charge in [0.05, 0.1) is 15.9 Å². The van der Waals surface area contributed by atoms with Gasteiger partial charge in [0.2, 0.25) is 11.7 Å². The third kappa shape index (κ3) is 4.11. The number of hydrogen-bond acceptors (Lipinski definition) is 4. The number of alkyl halides is 3. The van der Waals surface area contributed by atoms with E-state index < -0.39 is 34.3 Å². The molecule has 0 saturated heterocycles. The number of nitrogens with one attached hydrogen (secondary N) is 1. The van der Waals surface area contributed by atoms with E-state index in [0.717, 1.165) is 10.8 Å². The van der Waals surface area contributed by atoms with Crippen LogP contribution in [0.15, 0.2) is 53.4 Å². The molecular weight excluding hydrogens is 383 g/mol. The molecule has 3 aromatic rings. The predicted molar refractivity (Wildman–Crippen MR) is 92.9 cm³/mol. The van der Waals surface area contributed by atoms with E-state index in [1.54, 1.807) is 12.1 Å². The van der Waals surface area contributed by atoms with E-state index in [1.165, 1.54) is 36.4 Å². The normalized spacial score (nSPS) is 12.3.